The fourth-order valence-electron chi connectivity index (χ4n) is 4.11. The van der Waals surface area contributed by atoms with Crippen LogP contribution in [0.5, 0.6) is 0 Å². The van der Waals surface area contributed by atoms with Crippen molar-refractivity contribution in [2.24, 2.45) is 0 Å². The van der Waals surface area contributed by atoms with Gasteiger partial charge in [0.2, 0.25) is 0 Å². The van der Waals surface area contributed by atoms with Gasteiger partial charge in [0, 0.05) is 0 Å². The second kappa shape index (κ2) is 12.4. The van der Waals surface area contributed by atoms with E-state index in [9.17, 15) is 4.79 Å². The first-order valence-corrected chi connectivity index (χ1v) is 18.7. The zero-order chi connectivity index (χ0) is 21.1. The Morgan fingerprint density at radius 3 is 2.00 bits per heavy atom. The molecule has 1 aromatic carbocycles. The summed E-state index contributed by atoms with van der Waals surface area (Å²) >= 11 is -2.89. The average molecular weight is 506 g/mol. The number of esters is 1. The van der Waals surface area contributed by atoms with Crippen molar-refractivity contribution in [3.8, 4) is 0 Å². The van der Waals surface area contributed by atoms with Crippen LogP contribution in [0.4, 0.5) is 0 Å². The molecule has 5 nitrogen and oxygen atoms in total. The molecule has 6 heteroatoms. The van der Waals surface area contributed by atoms with Crippen molar-refractivity contribution >= 4 is 28.1 Å². The molecule has 0 saturated heterocycles. The topological polar surface area (TPSA) is 57.0 Å². The molecule has 0 aliphatic rings. The molecule has 2 aromatic rings. The number of hydrogen-bond acceptors (Lipinski definition) is 4. The van der Waals surface area contributed by atoms with Crippen LogP contribution in [0.25, 0.3) is 0 Å². The van der Waals surface area contributed by atoms with Gasteiger partial charge in [0.1, 0.15) is 0 Å². The Kier molecular flexibility index (Phi) is 10.2. The van der Waals surface area contributed by atoms with Gasteiger partial charge in [-0.3, -0.25) is 0 Å². The first-order valence-electron chi connectivity index (χ1n) is 11.2. The van der Waals surface area contributed by atoms with Gasteiger partial charge in [-0.15, -0.1) is 0 Å². The summed E-state index contributed by atoms with van der Waals surface area (Å²) in [5, 5.41) is 9.21. The summed E-state index contributed by atoms with van der Waals surface area (Å²) in [6.45, 7) is 7.31. The van der Waals surface area contributed by atoms with Crippen molar-refractivity contribution in [2.75, 3.05) is 7.11 Å². The second-order valence-corrected chi connectivity index (χ2v) is 21.0. The molecule has 0 radical (unpaired) electrons. The van der Waals surface area contributed by atoms with Crippen molar-refractivity contribution in [3.63, 3.8) is 0 Å². The Morgan fingerprint density at radius 1 is 0.966 bits per heavy atom. The second-order valence-electron chi connectivity index (χ2n) is 8.01. The Bertz CT molecular complexity index is 724. The molecule has 0 aliphatic heterocycles. The SMILES string of the molecule is CCC[CH2][Sn]([CH2]CCC)([CH2]CCC)[c]1nnn(Cc2ccccc2)c1C(=O)OC. The molecule has 0 N–H and O–H groups in total. The van der Waals surface area contributed by atoms with E-state index in [1.54, 1.807) is 4.68 Å². The van der Waals surface area contributed by atoms with E-state index in [1.807, 2.05) is 18.2 Å². The Hall–Kier alpha value is -1.37. The molecule has 0 bridgehead atoms. The molecule has 2 rings (SSSR count). The number of rotatable bonds is 13. The van der Waals surface area contributed by atoms with E-state index in [2.05, 4.69) is 38.1 Å². The first-order chi connectivity index (χ1) is 14.1. The van der Waals surface area contributed by atoms with Gasteiger partial charge < -0.3 is 0 Å². The zero-order valence-electron chi connectivity index (χ0n) is 18.6. The van der Waals surface area contributed by atoms with Gasteiger partial charge in [-0.2, -0.15) is 0 Å². The number of aromatic nitrogens is 3. The summed E-state index contributed by atoms with van der Waals surface area (Å²) < 4.78 is 11.8. The van der Waals surface area contributed by atoms with E-state index < -0.39 is 18.4 Å². The minimum atomic E-state index is -2.89. The number of nitrogens with zero attached hydrogens (tertiary/aromatic N) is 3. The Balaban J connectivity index is 2.53. The summed E-state index contributed by atoms with van der Waals surface area (Å²) in [7, 11) is 1.47. The third-order valence-corrected chi connectivity index (χ3v) is 20.9. The number of ether oxygens (including phenoxy) is 1. The van der Waals surface area contributed by atoms with Crippen LogP contribution in [0.2, 0.25) is 13.3 Å². The van der Waals surface area contributed by atoms with Crippen molar-refractivity contribution in [1.82, 2.24) is 15.0 Å². The molecule has 0 saturated carbocycles. The maximum atomic E-state index is 12.9. The van der Waals surface area contributed by atoms with Gasteiger partial charge in [-0.25, -0.2) is 0 Å². The van der Waals surface area contributed by atoms with Crippen LogP contribution in [-0.4, -0.2) is 46.4 Å². The molecule has 0 unspecified atom stereocenters. The molecule has 1 aromatic heterocycles. The number of hydrogen-bond donors (Lipinski definition) is 0. The monoisotopic (exact) mass is 507 g/mol. The van der Waals surface area contributed by atoms with Gasteiger partial charge in [0.15, 0.2) is 0 Å². The molecular formula is C23H37N3O2Sn. The number of benzene rings is 1. The van der Waals surface area contributed by atoms with Crippen LogP contribution in [0, 0.1) is 0 Å². The summed E-state index contributed by atoms with van der Waals surface area (Å²) in [4.78, 5) is 12.9. The van der Waals surface area contributed by atoms with Crippen molar-refractivity contribution < 1.29 is 9.53 Å². The van der Waals surface area contributed by atoms with Crippen molar-refractivity contribution in [3.05, 3.63) is 41.6 Å². The van der Waals surface area contributed by atoms with E-state index in [4.69, 9.17) is 9.84 Å². The fraction of sp³-hybridized carbons (Fsp3) is 0.609. The van der Waals surface area contributed by atoms with Crippen LogP contribution < -0.4 is 3.71 Å². The number of methoxy groups -OCH3 is 1. The predicted molar refractivity (Wildman–Crippen MR) is 121 cm³/mol. The molecule has 0 atom stereocenters. The van der Waals surface area contributed by atoms with Gasteiger partial charge in [0.25, 0.3) is 0 Å². The fourth-order valence-corrected chi connectivity index (χ4v) is 19.9. The van der Waals surface area contributed by atoms with Crippen LogP contribution in [0.15, 0.2) is 30.3 Å². The van der Waals surface area contributed by atoms with E-state index in [-0.39, 0.29) is 5.97 Å². The summed E-state index contributed by atoms with van der Waals surface area (Å²) in [5.41, 5.74) is 1.74. The summed E-state index contributed by atoms with van der Waals surface area (Å²) in [5.74, 6) is -0.286. The quantitative estimate of drug-likeness (QED) is 0.278. The number of carbonyl (C=O) groups excluding carboxylic acids is 1. The molecule has 0 aliphatic carbocycles. The Morgan fingerprint density at radius 2 is 1.52 bits per heavy atom. The van der Waals surface area contributed by atoms with E-state index in [1.165, 1.54) is 58.9 Å². The normalized spacial score (nSPS) is 11.6. The predicted octanol–water partition coefficient (Wildman–Crippen LogP) is 5.17. The summed E-state index contributed by atoms with van der Waals surface area (Å²) in [6.07, 6.45) is 7.20. The summed E-state index contributed by atoms with van der Waals surface area (Å²) in [6, 6.07) is 10.1. The van der Waals surface area contributed by atoms with Crippen LogP contribution in [-0.2, 0) is 11.3 Å². The van der Waals surface area contributed by atoms with E-state index >= 15 is 0 Å². The zero-order valence-corrected chi connectivity index (χ0v) is 21.5. The van der Waals surface area contributed by atoms with Crippen LogP contribution in [0.3, 0.4) is 0 Å². The molecule has 0 spiro atoms. The van der Waals surface area contributed by atoms with Gasteiger partial charge in [-0.05, 0) is 0 Å². The molecule has 1 heterocycles. The molecule has 0 amide bonds. The first kappa shape index (κ1) is 23.9. The van der Waals surface area contributed by atoms with Crippen molar-refractivity contribution in [1.29, 1.82) is 0 Å². The van der Waals surface area contributed by atoms with Crippen molar-refractivity contribution in [2.45, 2.75) is 79.2 Å². The van der Waals surface area contributed by atoms with Crippen LogP contribution >= 0.6 is 0 Å². The van der Waals surface area contributed by atoms with Gasteiger partial charge in [-0.1, -0.05) is 0 Å². The van der Waals surface area contributed by atoms with Crippen LogP contribution in [0.1, 0.15) is 75.3 Å². The average Bonchev–Trinajstić information content (AvgIpc) is 3.17. The van der Waals surface area contributed by atoms with Gasteiger partial charge >= 0.3 is 180 Å². The van der Waals surface area contributed by atoms with E-state index in [0.717, 1.165) is 9.27 Å². The molecule has 0 fully saturated rings. The Labute approximate surface area is 180 Å². The third-order valence-electron chi connectivity index (χ3n) is 5.82. The van der Waals surface area contributed by atoms with E-state index in [0.29, 0.717) is 12.2 Å². The standard InChI is InChI=1S/C11H10N3O2.3C4H9.Sn/c1-16-11(15)10-7-12-13-14(10)8-9-5-3-2-4-6-9;3*1-3-4-2;/h2-6H,8H2,1H3;3*1,3-4H2,2H3;. The number of unbranched alkanes of at least 4 members (excludes halogenated alkanes) is 3. The third kappa shape index (κ3) is 6.30. The molecule has 29 heavy (non-hydrogen) atoms. The molecular weight excluding hydrogens is 469 g/mol. The number of carbonyl (C=O) groups is 1. The molecule has 160 valence electrons. The maximum absolute atomic E-state index is 12.9. The van der Waals surface area contributed by atoms with Gasteiger partial charge in [0.05, 0.1) is 0 Å². The minimum absolute atomic E-state index is 0.286.